The molecule has 3 nitrogen and oxygen atoms in total. The molecule has 12 heavy (non-hydrogen) atoms. The Labute approximate surface area is 75.6 Å². The van der Waals surface area contributed by atoms with Gasteiger partial charge in [-0.1, -0.05) is 27.7 Å². The van der Waals surface area contributed by atoms with Crippen LogP contribution < -0.4 is 5.73 Å². The Morgan fingerprint density at radius 1 is 1.33 bits per heavy atom. The van der Waals surface area contributed by atoms with Crippen molar-refractivity contribution in [3.8, 4) is 0 Å². The van der Waals surface area contributed by atoms with Crippen LogP contribution in [0.15, 0.2) is 12.3 Å². The van der Waals surface area contributed by atoms with Gasteiger partial charge in [0, 0.05) is 19.8 Å². The van der Waals surface area contributed by atoms with E-state index in [1.165, 1.54) is 0 Å². The maximum atomic E-state index is 5.29. The van der Waals surface area contributed by atoms with Crippen molar-refractivity contribution in [2.75, 3.05) is 0 Å². The van der Waals surface area contributed by atoms with Gasteiger partial charge in [0.05, 0.1) is 5.69 Å². The van der Waals surface area contributed by atoms with Crippen LogP contribution in [0.2, 0.25) is 0 Å². The smallest absolute Gasteiger partial charge is 0.0760 e. The van der Waals surface area contributed by atoms with Crippen LogP contribution in [0.3, 0.4) is 0 Å². The van der Waals surface area contributed by atoms with Crippen molar-refractivity contribution in [1.29, 1.82) is 0 Å². The van der Waals surface area contributed by atoms with Crippen molar-refractivity contribution in [3.05, 3.63) is 18.0 Å². The van der Waals surface area contributed by atoms with Crippen LogP contribution in [0.25, 0.3) is 0 Å². The van der Waals surface area contributed by atoms with Gasteiger partial charge >= 0.3 is 0 Å². The van der Waals surface area contributed by atoms with Gasteiger partial charge in [-0.2, -0.15) is 5.10 Å². The van der Waals surface area contributed by atoms with Gasteiger partial charge in [-0.3, -0.25) is 4.68 Å². The van der Waals surface area contributed by atoms with E-state index in [9.17, 15) is 0 Å². The molecule has 0 fully saturated rings. The largest absolute Gasteiger partial charge is 0.325 e. The molecular weight excluding hydrogens is 150 g/mol. The van der Waals surface area contributed by atoms with Crippen molar-refractivity contribution in [1.82, 2.24) is 9.78 Å². The second-order valence-electron chi connectivity index (χ2n) is 1.68. The summed E-state index contributed by atoms with van der Waals surface area (Å²) in [6.45, 7) is 8.53. The molecule has 0 saturated heterocycles. The third-order valence-electron chi connectivity index (χ3n) is 0.978. The average molecular weight is 171 g/mol. The second kappa shape index (κ2) is 10.2. The van der Waals surface area contributed by atoms with Crippen molar-refractivity contribution in [3.63, 3.8) is 0 Å². The second-order valence-corrected chi connectivity index (χ2v) is 1.68. The van der Waals surface area contributed by atoms with E-state index in [2.05, 4.69) is 5.10 Å². The van der Waals surface area contributed by atoms with Gasteiger partial charge in [-0.05, 0) is 6.07 Å². The fraction of sp³-hybridized carbons (Fsp3) is 0.667. The summed E-state index contributed by atoms with van der Waals surface area (Å²) in [7, 11) is 1.87. The van der Waals surface area contributed by atoms with Crippen molar-refractivity contribution in [2.45, 2.75) is 34.2 Å². The van der Waals surface area contributed by atoms with Crippen LogP contribution in [0.1, 0.15) is 33.4 Å². The number of nitrogens with zero attached hydrogens (tertiary/aromatic N) is 2. The summed E-state index contributed by atoms with van der Waals surface area (Å²) in [5, 5.41) is 4.02. The zero-order chi connectivity index (χ0) is 9.98. The molecule has 0 aliphatic heterocycles. The predicted molar refractivity (Wildman–Crippen MR) is 53.8 cm³/mol. The van der Waals surface area contributed by atoms with Crippen molar-refractivity contribution >= 4 is 0 Å². The Kier molecular flexibility index (Phi) is 11.6. The Balaban J connectivity index is 0. The molecule has 0 radical (unpaired) electrons. The zero-order valence-electron chi connectivity index (χ0n) is 8.83. The summed E-state index contributed by atoms with van der Waals surface area (Å²) < 4.78 is 1.74. The van der Waals surface area contributed by atoms with Gasteiger partial charge in [0.25, 0.3) is 0 Å². The molecule has 2 N–H and O–H groups in total. The van der Waals surface area contributed by atoms with Crippen molar-refractivity contribution in [2.24, 2.45) is 12.8 Å². The zero-order valence-corrected chi connectivity index (χ0v) is 8.83. The number of aromatic nitrogens is 2. The lowest BCUT2D eigenvalue weighted by Gasteiger charge is -1.84. The van der Waals surface area contributed by atoms with E-state index in [0.717, 1.165) is 5.69 Å². The lowest BCUT2D eigenvalue weighted by atomic mass is 10.4. The minimum absolute atomic E-state index is 0.529. The molecule has 1 aromatic rings. The van der Waals surface area contributed by atoms with E-state index in [0.29, 0.717) is 6.54 Å². The third kappa shape index (κ3) is 5.92. The molecule has 72 valence electrons. The third-order valence-corrected chi connectivity index (χ3v) is 0.978. The molecule has 1 heterocycles. The van der Waals surface area contributed by atoms with Gasteiger partial charge in [-0.25, -0.2) is 0 Å². The number of nitrogens with two attached hydrogens (primary N) is 1. The highest BCUT2D eigenvalue weighted by atomic mass is 15.2. The first kappa shape index (κ1) is 13.7. The number of rotatable bonds is 1. The first-order chi connectivity index (χ1) is 5.83. The number of aryl methyl sites for hydroxylation is 1. The summed E-state index contributed by atoms with van der Waals surface area (Å²) in [5.74, 6) is 0. The molecule has 0 atom stereocenters. The highest BCUT2D eigenvalue weighted by Crippen LogP contribution is 1.89. The van der Waals surface area contributed by atoms with Crippen LogP contribution in [0.4, 0.5) is 0 Å². The van der Waals surface area contributed by atoms with Gasteiger partial charge in [0.15, 0.2) is 0 Å². The molecule has 1 rings (SSSR count). The molecule has 0 aliphatic carbocycles. The SMILES string of the molecule is CC.CC.Cn1ccc(CN)n1. The molecule has 0 spiro atoms. The molecule has 0 saturated carbocycles. The van der Waals surface area contributed by atoms with E-state index in [4.69, 9.17) is 5.73 Å². The standard InChI is InChI=1S/C5H9N3.2C2H6/c1-8-3-2-5(4-6)7-8;2*1-2/h2-3H,4,6H2,1H3;2*1-2H3. The maximum Gasteiger partial charge on any atom is 0.0760 e. The van der Waals surface area contributed by atoms with Gasteiger partial charge in [-0.15, -0.1) is 0 Å². The topological polar surface area (TPSA) is 43.8 Å². The molecule has 0 aliphatic rings. The minimum atomic E-state index is 0.529. The normalized spacial score (nSPS) is 7.50. The van der Waals surface area contributed by atoms with E-state index in [1.807, 2.05) is 47.0 Å². The highest BCUT2D eigenvalue weighted by molar-refractivity contribution is 4.96. The highest BCUT2D eigenvalue weighted by Gasteiger charge is 1.88. The van der Waals surface area contributed by atoms with E-state index in [-0.39, 0.29) is 0 Å². The van der Waals surface area contributed by atoms with E-state index in [1.54, 1.807) is 4.68 Å². The van der Waals surface area contributed by atoms with Gasteiger partial charge < -0.3 is 5.73 Å². The molecule has 0 amide bonds. The fourth-order valence-corrected chi connectivity index (χ4v) is 0.572. The molecule has 0 aromatic carbocycles. The van der Waals surface area contributed by atoms with Gasteiger partial charge in [0.2, 0.25) is 0 Å². The van der Waals surface area contributed by atoms with Gasteiger partial charge in [0.1, 0.15) is 0 Å². The minimum Gasteiger partial charge on any atom is -0.325 e. The first-order valence-electron chi connectivity index (χ1n) is 4.51. The average Bonchev–Trinajstić information content (AvgIpc) is 2.58. The van der Waals surface area contributed by atoms with E-state index >= 15 is 0 Å². The molecule has 3 heteroatoms. The number of hydrogen-bond acceptors (Lipinski definition) is 2. The Bertz CT molecular complexity index is 170. The fourth-order valence-electron chi connectivity index (χ4n) is 0.572. The Morgan fingerprint density at radius 2 is 1.83 bits per heavy atom. The quantitative estimate of drug-likeness (QED) is 0.701. The maximum absolute atomic E-state index is 5.29. The lowest BCUT2D eigenvalue weighted by Crippen LogP contribution is -1.98. The summed E-state index contributed by atoms with van der Waals surface area (Å²) in [6.07, 6.45) is 1.88. The summed E-state index contributed by atoms with van der Waals surface area (Å²) in [5.41, 5.74) is 6.22. The Hall–Kier alpha value is -0.830. The van der Waals surface area contributed by atoms with E-state index < -0.39 is 0 Å². The van der Waals surface area contributed by atoms with Crippen LogP contribution in [-0.2, 0) is 13.6 Å². The van der Waals surface area contributed by atoms with Crippen LogP contribution in [0.5, 0.6) is 0 Å². The Morgan fingerprint density at radius 3 is 2.00 bits per heavy atom. The molecule has 0 bridgehead atoms. The van der Waals surface area contributed by atoms with Crippen LogP contribution >= 0.6 is 0 Å². The van der Waals surface area contributed by atoms with Crippen molar-refractivity contribution < 1.29 is 0 Å². The first-order valence-corrected chi connectivity index (χ1v) is 4.51. The summed E-state index contributed by atoms with van der Waals surface area (Å²) >= 11 is 0. The molecular formula is C9H21N3. The lowest BCUT2D eigenvalue weighted by molar-refractivity contribution is 0.742. The van der Waals surface area contributed by atoms with Crippen LogP contribution in [0, 0.1) is 0 Å². The summed E-state index contributed by atoms with van der Waals surface area (Å²) in [6, 6.07) is 1.90. The monoisotopic (exact) mass is 171 g/mol. The molecule has 1 aromatic heterocycles. The predicted octanol–water partition coefficient (Wildman–Crippen LogP) is 1.93. The number of hydrogen-bond donors (Lipinski definition) is 1. The van der Waals surface area contributed by atoms with Crippen LogP contribution in [-0.4, -0.2) is 9.78 Å². The summed E-state index contributed by atoms with van der Waals surface area (Å²) in [4.78, 5) is 0. The molecule has 0 unspecified atom stereocenters.